The third kappa shape index (κ3) is 2.68. The number of morpholine rings is 1. The van der Waals surface area contributed by atoms with Crippen LogP contribution in [0.4, 0.5) is 17.1 Å². The van der Waals surface area contributed by atoms with Crippen LogP contribution in [0.15, 0.2) is 18.2 Å². The highest BCUT2D eigenvalue weighted by atomic mass is 16.6. The molecule has 1 aromatic rings. The lowest BCUT2D eigenvalue weighted by molar-refractivity contribution is -0.383. The van der Waals surface area contributed by atoms with Crippen molar-refractivity contribution in [1.29, 1.82) is 0 Å². The lowest BCUT2D eigenvalue weighted by Gasteiger charge is -2.38. The third-order valence-corrected chi connectivity index (χ3v) is 3.49. The molecule has 0 amide bonds. The Morgan fingerprint density at radius 1 is 1.60 bits per heavy atom. The lowest BCUT2D eigenvalue weighted by atomic mass is 10.1. The van der Waals surface area contributed by atoms with Crippen molar-refractivity contribution in [3.8, 4) is 0 Å². The molecule has 2 rings (SSSR count). The molecule has 0 aliphatic carbocycles. The predicted molar refractivity (Wildman–Crippen MR) is 76.3 cm³/mol. The summed E-state index contributed by atoms with van der Waals surface area (Å²) >= 11 is 0. The summed E-state index contributed by atoms with van der Waals surface area (Å²) in [5.41, 5.74) is 1.09. The van der Waals surface area contributed by atoms with Crippen LogP contribution in [-0.2, 0) is 4.74 Å². The fourth-order valence-electron chi connectivity index (χ4n) is 2.42. The molecule has 110 valence electrons. The van der Waals surface area contributed by atoms with Crippen molar-refractivity contribution < 1.29 is 14.8 Å². The molecule has 20 heavy (non-hydrogen) atoms. The number of nitrogens with one attached hydrogen (secondary N) is 1. The average molecular weight is 281 g/mol. The Morgan fingerprint density at radius 2 is 2.35 bits per heavy atom. The minimum Gasteiger partial charge on any atom is -0.394 e. The van der Waals surface area contributed by atoms with E-state index in [4.69, 9.17) is 4.74 Å². The molecular formula is C13H19N3O4. The molecule has 1 heterocycles. The van der Waals surface area contributed by atoms with E-state index in [1.54, 1.807) is 25.2 Å². The Labute approximate surface area is 117 Å². The van der Waals surface area contributed by atoms with Crippen molar-refractivity contribution in [2.75, 3.05) is 37.0 Å². The fraction of sp³-hybridized carbons (Fsp3) is 0.538. The van der Waals surface area contributed by atoms with Gasteiger partial charge in [0.05, 0.1) is 24.2 Å². The Kier molecular flexibility index (Phi) is 4.41. The van der Waals surface area contributed by atoms with Crippen LogP contribution in [0.2, 0.25) is 0 Å². The van der Waals surface area contributed by atoms with Crippen molar-refractivity contribution in [3.05, 3.63) is 28.3 Å². The minimum atomic E-state index is -0.378. The van der Waals surface area contributed by atoms with Crippen LogP contribution in [0.3, 0.4) is 0 Å². The lowest BCUT2D eigenvalue weighted by Crippen LogP contribution is -2.49. The fourth-order valence-corrected chi connectivity index (χ4v) is 2.42. The van der Waals surface area contributed by atoms with Gasteiger partial charge in [-0.15, -0.1) is 0 Å². The quantitative estimate of drug-likeness (QED) is 0.637. The normalized spacial score (nSPS) is 22.6. The SMILES string of the molecule is CNc1cccc(N2CC(CO)OCC2C)c1[N+](=O)[O-]. The zero-order chi connectivity index (χ0) is 14.7. The number of nitrogens with zero attached hydrogens (tertiary/aromatic N) is 2. The standard InChI is InChI=1S/C13H19N3O4/c1-9-8-20-10(7-17)6-15(9)12-5-3-4-11(14-2)13(12)16(18)19/h3-5,9-10,14,17H,6-8H2,1-2H3. The van der Waals surface area contributed by atoms with E-state index in [-0.39, 0.29) is 29.4 Å². The number of nitro benzene ring substituents is 1. The highest BCUT2D eigenvalue weighted by Crippen LogP contribution is 2.37. The van der Waals surface area contributed by atoms with Gasteiger partial charge in [-0.3, -0.25) is 10.1 Å². The smallest absolute Gasteiger partial charge is 0.315 e. The van der Waals surface area contributed by atoms with E-state index in [0.717, 1.165) is 0 Å². The minimum absolute atomic E-state index is 0.0172. The van der Waals surface area contributed by atoms with Crippen LogP contribution < -0.4 is 10.2 Å². The summed E-state index contributed by atoms with van der Waals surface area (Å²) in [5, 5.41) is 23.4. The maximum absolute atomic E-state index is 11.4. The zero-order valence-corrected chi connectivity index (χ0v) is 11.6. The molecule has 1 aliphatic heterocycles. The number of rotatable bonds is 4. The van der Waals surface area contributed by atoms with E-state index in [1.807, 2.05) is 11.8 Å². The molecule has 7 heteroatoms. The first-order valence-corrected chi connectivity index (χ1v) is 6.52. The molecule has 2 N–H and O–H groups in total. The number of aliphatic hydroxyl groups is 1. The highest BCUT2D eigenvalue weighted by molar-refractivity contribution is 5.77. The van der Waals surface area contributed by atoms with Gasteiger partial charge >= 0.3 is 5.69 Å². The first-order valence-electron chi connectivity index (χ1n) is 6.52. The van der Waals surface area contributed by atoms with Gasteiger partial charge in [0.25, 0.3) is 0 Å². The van der Waals surface area contributed by atoms with Crippen LogP contribution >= 0.6 is 0 Å². The second kappa shape index (κ2) is 6.06. The summed E-state index contributed by atoms with van der Waals surface area (Å²) in [6, 6.07) is 5.21. The number of anilines is 2. The molecule has 2 unspecified atom stereocenters. The zero-order valence-electron chi connectivity index (χ0n) is 11.6. The van der Waals surface area contributed by atoms with Crippen molar-refractivity contribution in [3.63, 3.8) is 0 Å². The number of ether oxygens (including phenoxy) is 1. The molecule has 7 nitrogen and oxygen atoms in total. The van der Waals surface area contributed by atoms with Gasteiger partial charge in [-0.05, 0) is 19.1 Å². The molecule has 1 aliphatic rings. The van der Waals surface area contributed by atoms with E-state index in [2.05, 4.69) is 5.32 Å². The number of benzene rings is 1. The van der Waals surface area contributed by atoms with Gasteiger partial charge in [0.15, 0.2) is 0 Å². The van der Waals surface area contributed by atoms with E-state index in [0.29, 0.717) is 24.5 Å². The molecule has 2 atom stereocenters. The molecule has 0 spiro atoms. The van der Waals surface area contributed by atoms with Crippen LogP contribution in [0.25, 0.3) is 0 Å². The predicted octanol–water partition coefficient (Wildman–Crippen LogP) is 1.22. The number of hydrogen-bond acceptors (Lipinski definition) is 6. The molecular weight excluding hydrogens is 262 g/mol. The summed E-state index contributed by atoms with van der Waals surface area (Å²) in [4.78, 5) is 12.9. The molecule has 0 bridgehead atoms. The van der Waals surface area contributed by atoms with Crippen molar-refractivity contribution >= 4 is 17.1 Å². The van der Waals surface area contributed by atoms with Gasteiger partial charge in [-0.2, -0.15) is 0 Å². The Hall–Kier alpha value is -1.86. The van der Waals surface area contributed by atoms with E-state index >= 15 is 0 Å². The first-order chi connectivity index (χ1) is 9.58. The Morgan fingerprint density at radius 3 is 2.95 bits per heavy atom. The van der Waals surface area contributed by atoms with Gasteiger partial charge in [0.1, 0.15) is 11.4 Å². The van der Waals surface area contributed by atoms with E-state index in [9.17, 15) is 15.2 Å². The van der Waals surface area contributed by atoms with Crippen LogP contribution in [0.5, 0.6) is 0 Å². The molecule has 1 saturated heterocycles. The maximum Gasteiger partial charge on any atom is 0.315 e. The van der Waals surface area contributed by atoms with E-state index in [1.165, 1.54) is 0 Å². The summed E-state index contributed by atoms with van der Waals surface area (Å²) in [6.45, 7) is 2.73. The summed E-state index contributed by atoms with van der Waals surface area (Å²) in [7, 11) is 1.66. The van der Waals surface area contributed by atoms with Crippen molar-refractivity contribution in [2.45, 2.75) is 19.1 Å². The highest BCUT2D eigenvalue weighted by Gasteiger charge is 2.31. The monoisotopic (exact) mass is 281 g/mol. The molecule has 0 saturated carbocycles. The number of aliphatic hydroxyl groups excluding tert-OH is 1. The maximum atomic E-state index is 11.4. The van der Waals surface area contributed by atoms with Crippen LogP contribution in [-0.4, -0.2) is 49.0 Å². The van der Waals surface area contributed by atoms with Crippen LogP contribution in [0.1, 0.15) is 6.92 Å². The Balaban J connectivity index is 2.42. The van der Waals surface area contributed by atoms with Gasteiger partial charge in [-0.1, -0.05) is 6.07 Å². The Bertz CT molecular complexity index is 495. The summed E-state index contributed by atoms with van der Waals surface area (Å²) in [5.74, 6) is 0. The molecule has 0 aromatic heterocycles. The van der Waals surface area contributed by atoms with Gasteiger partial charge < -0.3 is 20.1 Å². The number of para-hydroxylation sites is 1. The van der Waals surface area contributed by atoms with Gasteiger partial charge in [-0.25, -0.2) is 0 Å². The molecule has 0 radical (unpaired) electrons. The van der Waals surface area contributed by atoms with Gasteiger partial charge in [0.2, 0.25) is 0 Å². The summed E-state index contributed by atoms with van der Waals surface area (Å²) in [6.07, 6.45) is -0.316. The van der Waals surface area contributed by atoms with E-state index < -0.39 is 0 Å². The average Bonchev–Trinajstić information content (AvgIpc) is 2.46. The first kappa shape index (κ1) is 14.5. The van der Waals surface area contributed by atoms with Crippen LogP contribution in [0, 0.1) is 10.1 Å². The van der Waals surface area contributed by atoms with Crippen molar-refractivity contribution in [1.82, 2.24) is 0 Å². The van der Waals surface area contributed by atoms with Gasteiger partial charge in [0, 0.05) is 19.6 Å². The second-order valence-corrected chi connectivity index (χ2v) is 4.82. The largest absolute Gasteiger partial charge is 0.394 e. The second-order valence-electron chi connectivity index (χ2n) is 4.82. The number of hydrogen-bond donors (Lipinski definition) is 2. The third-order valence-electron chi connectivity index (χ3n) is 3.49. The molecule has 1 aromatic carbocycles. The van der Waals surface area contributed by atoms with Crippen molar-refractivity contribution in [2.24, 2.45) is 0 Å². The number of nitro groups is 1. The summed E-state index contributed by atoms with van der Waals surface area (Å²) < 4.78 is 5.47. The molecule has 1 fully saturated rings. The topological polar surface area (TPSA) is 87.9 Å².